The molecule has 1 aliphatic heterocycles. The second-order valence-electron chi connectivity index (χ2n) is 7.08. The first-order chi connectivity index (χ1) is 14.7. The van der Waals surface area contributed by atoms with Crippen molar-refractivity contribution >= 4 is 23.0 Å². The number of phenols is 1. The molecular weight excluding hydrogens is 394 g/mol. The molecule has 3 heterocycles. The van der Waals surface area contributed by atoms with Gasteiger partial charge in [-0.25, -0.2) is 0 Å². The number of thiocarbonyl (C=S) groups is 1. The third-order valence-corrected chi connectivity index (χ3v) is 5.52. The first-order valence-electron chi connectivity index (χ1n) is 9.65. The number of anilines is 1. The van der Waals surface area contributed by atoms with Crippen LogP contribution in [0.5, 0.6) is 5.75 Å². The second kappa shape index (κ2) is 7.65. The molecule has 5 nitrogen and oxygen atoms in total. The second-order valence-corrected chi connectivity index (χ2v) is 7.47. The van der Waals surface area contributed by atoms with Crippen LogP contribution in [0.15, 0.2) is 95.5 Å². The van der Waals surface area contributed by atoms with Gasteiger partial charge >= 0.3 is 0 Å². The molecule has 0 bridgehead atoms. The summed E-state index contributed by atoms with van der Waals surface area (Å²) in [7, 11) is 0. The quantitative estimate of drug-likeness (QED) is 0.447. The molecule has 1 aliphatic rings. The minimum atomic E-state index is -0.227. The fraction of sp³-hybridized carbons (Fsp3) is 0.0833. The summed E-state index contributed by atoms with van der Waals surface area (Å²) < 4.78 is 6.31. The zero-order valence-corrected chi connectivity index (χ0v) is 16.8. The number of rotatable bonds is 4. The van der Waals surface area contributed by atoms with Gasteiger partial charge in [-0.05, 0) is 60.7 Å². The number of pyridine rings is 1. The molecule has 4 aromatic rings. The van der Waals surface area contributed by atoms with Crippen LogP contribution in [0.4, 0.5) is 5.69 Å². The molecule has 30 heavy (non-hydrogen) atoms. The first kappa shape index (κ1) is 18.4. The van der Waals surface area contributed by atoms with Crippen molar-refractivity contribution in [1.29, 1.82) is 0 Å². The van der Waals surface area contributed by atoms with Gasteiger partial charge in [0.15, 0.2) is 5.11 Å². The topological polar surface area (TPSA) is 61.5 Å². The molecule has 0 unspecified atom stereocenters. The van der Waals surface area contributed by atoms with Crippen LogP contribution < -0.4 is 10.2 Å². The van der Waals surface area contributed by atoms with Crippen molar-refractivity contribution < 1.29 is 9.52 Å². The molecule has 0 spiro atoms. The lowest BCUT2D eigenvalue weighted by atomic mass is 10.0. The maximum Gasteiger partial charge on any atom is 0.174 e. The Kier molecular flexibility index (Phi) is 4.69. The molecule has 2 aromatic carbocycles. The number of furan rings is 1. The third kappa shape index (κ3) is 3.31. The van der Waals surface area contributed by atoms with E-state index in [4.69, 9.17) is 16.6 Å². The molecular formula is C24H19N3O2S. The van der Waals surface area contributed by atoms with Gasteiger partial charge in [-0.2, -0.15) is 0 Å². The van der Waals surface area contributed by atoms with Crippen LogP contribution in [0.3, 0.4) is 0 Å². The maximum atomic E-state index is 9.71. The van der Waals surface area contributed by atoms with Crippen molar-refractivity contribution in [2.24, 2.45) is 0 Å². The molecule has 0 radical (unpaired) electrons. The fourth-order valence-corrected chi connectivity index (χ4v) is 4.15. The van der Waals surface area contributed by atoms with Crippen LogP contribution in [0, 0.1) is 0 Å². The number of hydrogen-bond donors (Lipinski definition) is 2. The summed E-state index contributed by atoms with van der Waals surface area (Å²) in [6, 6.07) is 26.4. The number of nitrogens with zero attached hydrogens (tertiary/aromatic N) is 2. The average Bonchev–Trinajstić information content (AvgIpc) is 3.40. The zero-order valence-electron chi connectivity index (χ0n) is 16.0. The van der Waals surface area contributed by atoms with Crippen molar-refractivity contribution in [3.8, 4) is 17.1 Å². The van der Waals surface area contributed by atoms with Crippen LogP contribution >= 0.6 is 12.2 Å². The molecule has 0 saturated carbocycles. The Hall–Kier alpha value is -3.64. The first-order valence-corrected chi connectivity index (χ1v) is 10.1. The molecule has 5 rings (SSSR count). The Morgan fingerprint density at radius 3 is 2.40 bits per heavy atom. The van der Waals surface area contributed by atoms with Crippen LogP contribution in [-0.2, 0) is 0 Å². The normalized spacial score (nSPS) is 18.4. The SMILES string of the molecule is Oc1ccc(N2C(=S)N[C@@H](c3ccccn3)[C@@H]2c2ccc(-c3ccccc3)o2)cc1. The van der Waals surface area contributed by atoms with Crippen molar-refractivity contribution in [3.63, 3.8) is 0 Å². The van der Waals surface area contributed by atoms with E-state index in [1.807, 2.05) is 77.7 Å². The van der Waals surface area contributed by atoms with Crippen molar-refractivity contribution in [3.05, 3.63) is 103 Å². The fourth-order valence-electron chi connectivity index (χ4n) is 3.80. The van der Waals surface area contributed by atoms with Crippen molar-refractivity contribution in [1.82, 2.24) is 10.3 Å². The summed E-state index contributed by atoms with van der Waals surface area (Å²) in [6.45, 7) is 0. The number of aromatic nitrogens is 1. The van der Waals surface area contributed by atoms with Crippen LogP contribution in [0.2, 0.25) is 0 Å². The number of hydrogen-bond acceptors (Lipinski definition) is 4. The minimum Gasteiger partial charge on any atom is -0.508 e. The van der Waals surface area contributed by atoms with E-state index < -0.39 is 0 Å². The molecule has 2 N–H and O–H groups in total. The Labute approximate surface area is 179 Å². The molecule has 0 amide bonds. The lowest BCUT2D eigenvalue weighted by molar-refractivity contribution is 0.439. The molecule has 148 valence electrons. The highest BCUT2D eigenvalue weighted by molar-refractivity contribution is 7.80. The Bertz CT molecular complexity index is 1160. The lowest BCUT2D eigenvalue weighted by Gasteiger charge is -2.26. The molecule has 1 fully saturated rings. The molecule has 6 heteroatoms. The van der Waals surface area contributed by atoms with E-state index in [9.17, 15) is 5.11 Å². The minimum absolute atomic E-state index is 0.178. The summed E-state index contributed by atoms with van der Waals surface area (Å²) in [5.41, 5.74) is 2.76. The van der Waals surface area contributed by atoms with Gasteiger partial charge in [-0.1, -0.05) is 36.4 Å². The van der Waals surface area contributed by atoms with Crippen molar-refractivity contribution in [2.45, 2.75) is 12.1 Å². The summed E-state index contributed by atoms with van der Waals surface area (Å²) in [5, 5.41) is 13.7. The van der Waals surface area contributed by atoms with Crippen LogP contribution in [-0.4, -0.2) is 15.2 Å². The van der Waals surface area contributed by atoms with Crippen LogP contribution in [0.25, 0.3) is 11.3 Å². The zero-order chi connectivity index (χ0) is 20.5. The predicted octanol–water partition coefficient (Wildman–Crippen LogP) is 5.22. The standard InChI is InChI=1S/C24H19N3O2S/c28-18-11-9-17(10-12-18)27-23(22(26-24(27)30)19-8-4-5-15-25-19)21-14-13-20(29-21)16-6-2-1-3-7-16/h1-15,22-23,28H,(H,26,30)/t22-,23-/m0/s1. The molecule has 2 atom stereocenters. The van der Waals surface area contributed by atoms with E-state index in [2.05, 4.69) is 10.3 Å². The largest absolute Gasteiger partial charge is 0.508 e. The number of aromatic hydroxyl groups is 1. The summed E-state index contributed by atoms with van der Waals surface area (Å²) in [4.78, 5) is 6.56. The van der Waals surface area contributed by atoms with Gasteiger partial charge in [0.05, 0.1) is 11.7 Å². The highest BCUT2D eigenvalue weighted by Crippen LogP contribution is 2.43. The van der Waals surface area contributed by atoms with E-state index in [0.717, 1.165) is 28.5 Å². The summed E-state index contributed by atoms with van der Waals surface area (Å²) in [6.07, 6.45) is 1.78. The van der Waals surface area contributed by atoms with Gasteiger partial charge in [0.25, 0.3) is 0 Å². The molecule has 1 saturated heterocycles. The summed E-state index contributed by atoms with van der Waals surface area (Å²) in [5.74, 6) is 1.79. The number of phenolic OH excluding ortho intramolecular Hbond substituents is 1. The van der Waals surface area contributed by atoms with Crippen LogP contribution in [0.1, 0.15) is 23.5 Å². The van der Waals surface area contributed by atoms with Crippen molar-refractivity contribution in [2.75, 3.05) is 4.90 Å². The van der Waals surface area contributed by atoms with Gasteiger partial charge in [-0.3, -0.25) is 4.98 Å². The Balaban J connectivity index is 1.60. The number of nitrogens with one attached hydrogen (secondary N) is 1. The number of benzene rings is 2. The third-order valence-electron chi connectivity index (χ3n) is 5.20. The van der Waals surface area contributed by atoms with Gasteiger partial charge in [0.2, 0.25) is 0 Å². The smallest absolute Gasteiger partial charge is 0.174 e. The highest BCUT2D eigenvalue weighted by atomic mass is 32.1. The van der Waals surface area contributed by atoms with Gasteiger partial charge in [-0.15, -0.1) is 0 Å². The molecule has 0 aliphatic carbocycles. The molecule has 2 aromatic heterocycles. The Morgan fingerprint density at radius 1 is 0.900 bits per heavy atom. The monoisotopic (exact) mass is 413 g/mol. The highest BCUT2D eigenvalue weighted by Gasteiger charge is 2.42. The Morgan fingerprint density at radius 2 is 1.67 bits per heavy atom. The van der Waals surface area contributed by atoms with Gasteiger partial charge in [0, 0.05) is 17.4 Å². The van der Waals surface area contributed by atoms with Gasteiger partial charge < -0.3 is 19.7 Å². The van der Waals surface area contributed by atoms with E-state index in [0.29, 0.717) is 5.11 Å². The van der Waals surface area contributed by atoms with Gasteiger partial charge in [0.1, 0.15) is 23.3 Å². The lowest BCUT2D eigenvalue weighted by Crippen LogP contribution is -2.29. The van der Waals surface area contributed by atoms with E-state index in [1.165, 1.54) is 0 Å². The van der Waals surface area contributed by atoms with E-state index in [-0.39, 0.29) is 17.8 Å². The predicted molar refractivity (Wildman–Crippen MR) is 120 cm³/mol. The average molecular weight is 414 g/mol. The maximum absolute atomic E-state index is 9.71. The summed E-state index contributed by atoms with van der Waals surface area (Å²) >= 11 is 5.69. The van der Waals surface area contributed by atoms with E-state index in [1.54, 1.807) is 18.3 Å². The van der Waals surface area contributed by atoms with E-state index >= 15 is 0 Å².